The molecular weight excluding hydrogens is 328 g/mol. The highest BCUT2D eigenvalue weighted by Gasteiger charge is 2.41. The molecule has 0 spiro atoms. The summed E-state index contributed by atoms with van der Waals surface area (Å²) in [6, 6.07) is 7.43. The van der Waals surface area contributed by atoms with Crippen LogP contribution < -0.4 is 4.74 Å². The molecule has 0 radical (unpaired) electrons. The van der Waals surface area contributed by atoms with Gasteiger partial charge in [0.05, 0.1) is 12.7 Å². The number of piperidine rings is 1. The first-order valence-electron chi connectivity index (χ1n) is 9.67. The molecule has 0 aromatic heterocycles. The van der Waals surface area contributed by atoms with Gasteiger partial charge in [0.15, 0.2) is 0 Å². The Morgan fingerprint density at radius 1 is 0.962 bits per heavy atom. The molecule has 5 nitrogen and oxygen atoms in total. The van der Waals surface area contributed by atoms with Crippen LogP contribution in [0.4, 0.5) is 0 Å². The molecule has 0 unspecified atom stereocenters. The van der Waals surface area contributed by atoms with Gasteiger partial charge in [0.1, 0.15) is 11.4 Å². The second-order valence-electron chi connectivity index (χ2n) is 6.97. The van der Waals surface area contributed by atoms with Crippen LogP contribution in [0.5, 0.6) is 5.75 Å². The van der Waals surface area contributed by atoms with E-state index in [1.54, 1.807) is 7.11 Å². The van der Waals surface area contributed by atoms with Crippen molar-refractivity contribution in [3.63, 3.8) is 0 Å². The average molecular weight is 356 g/mol. The third-order valence-corrected chi connectivity index (χ3v) is 5.18. The van der Waals surface area contributed by atoms with Gasteiger partial charge in [-0.05, 0) is 43.4 Å². The highest BCUT2D eigenvalue weighted by molar-refractivity contribution is 6.35. The van der Waals surface area contributed by atoms with E-state index in [-0.39, 0.29) is 11.8 Å². The Kier molecular flexibility index (Phi) is 5.96. The number of hydrogen-bond acceptors (Lipinski definition) is 4. The number of carbonyl (C=O) groups excluding carboxylic acids is 2. The van der Waals surface area contributed by atoms with Crippen molar-refractivity contribution in [3.05, 3.63) is 35.5 Å². The minimum absolute atomic E-state index is 0.126. The van der Waals surface area contributed by atoms with Gasteiger partial charge in [0.2, 0.25) is 0 Å². The zero-order chi connectivity index (χ0) is 18.5. The number of ether oxygens (including phenoxy) is 1. The van der Waals surface area contributed by atoms with E-state index in [0.29, 0.717) is 17.8 Å². The molecule has 2 aliphatic rings. The van der Waals surface area contributed by atoms with Crippen LogP contribution in [0.25, 0.3) is 5.57 Å². The fraction of sp³-hybridized carbons (Fsp3) is 0.524. The van der Waals surface area contributed by atoms with Crippen molar-refractivity contribution in [1.82, 2.24) is 9.80 Å². The van der Waals surface area contributed by atoms with Crippen molar-refractivity contribution >= 4 is 17.4 Å². The van der Waals surface area contributed by atoms with Crippen LogP contribution in [0.1, 0.15) is 51.0 Å². The first-order valence-corrected chi connectivity index (χ1v) is 9.67. The Balaban J connectivity index is 1.95. The van der Waals surface area contributed by atoms with E-state index in [9.17, 15) is 9.59 Å². The van der Waals surface area contributed by atoms with Crippen LogP contribution >= 0.6 is 0 Å². The highest BCUT2D eigenvalue weighted by Crippen LogP contribution is 2.33. The van der Waals surface area contributed by atoms with Crippen LogP contribution in [0.2, 0.25) is 0 Å². The van der Waals surface area contributed by atoms with Gasteiger partial charge in [-0.15, -0.1) is 0 Å². The van der Waals surface area contributed by atoms with Gasteiger partial charge in [0.25, 0.3) is 11.8 Å². The SMILES string of the molecule is CCCCCN1C(=O)C(c2ccc(OC)cc2)=C(N2CCCCC2)C1=O. The van der Waals surface area contributed by atoms with Crippen LogP contribution in [0, 0.1) is 0 Å². The second kappa shape index (κ2) is 8.39. The van der Waals surface area contributed by atoms with Crippen molar-refractivity contribution in [1.29, 1.82) is 0 Å². The molecular formula is C21H28N2O3. The lowest BCUT2D eigenvalue weighted by molar-refractivity contribution is -0.137. The molecule has 26 heavy (non-hydrogen) atoms. The number of rotatable bonds is 7. The van der Waals surface area contributed by atoms with Gasteiger partial charge in [-0.3, -0.25) is 14.5 Å². The zero-order valence-electron chi connectivity index (χ0n) is 15.8. The predicted molar refractivity (Wildman–Crippen MR) is 102 cm³/mol. The number of likely N-dealkylation sites (tertiary alicyclic amines) is 1. The van der Waals surface area contributed by atoms with Crippen molar-refractivity contribution in [2.75, 3.05) is 26.7 Å². The number of benzene rings is 1. The van der Waals surface area contributed by atoms with Crippen molar-refractivity contribution in [2.45, 2.75) is 45.4 Å². The fourth-order valence-electron chi connectivity index (χ4n) is 3.72. The number of nitrogens with zero attached hydrogens (tertiary/aromatic N) is 2. The highest BCUT2D eigenvalue weighted by atomic mass is 16.5. The third kappa shape index (κ3) is 3.62. The number of imide groups is 1. The molecule has 1 aromatic carbocycles. The molecule has 1 saturated heterocycles. The molecule has 2 aliphatic heterocycles. The number of hydrogen-bond donors (Lipinski definition) is 0. The summed E-state index contributed by atoms with van der Waals surface area (Å²) in [6.07, 6.45) is 6.26. The molecule has 5 heteroatoms. The van der Waals surface area contributed by atoms with Crippen LogP contribution in [-0.2, 0) is 9.59 Å². The van der Waals surface area contributed by atoms with E-state index in [1.807, 2.05) is 24.3 Å². The lowest BCUT2D eigenvalue weighted by Crippen LogP contribution is -2.37. The Morgan fingerprint density at radius 3 is 2.27 bits per heavy atom. The quantitative estimate of drug-likeness (QED) is 0.555. The molecule has 1 aromatic rings. The molecule has 2 amide bonds. The third-order valence-electron chi connectivity index (χ3n) is 5.18. The average Bonchev–Trinajstić information content (AvgIpc) is 2.93. The number of carbonyl (C=O) groups is 2. The monoisotopic (exact) mass is 356 g/mol. The van der Waals surface area contributed by atoms with E-state index >= 15 is 0 Å². The Hall–Kier alpha value is -2.30. The van der Waals surface area contributed by atoms with Crippen molar-refractivity contribution < 1.29 is 14.3 Å². The summed E-state index contributed by atoms with van der Waals surface area (Å²) in [6.45, 7) is 4.31. The summed E-state index contributed by atoms with van der Waals surface area (Å²) in [5.41, 5.74) is 1.94. The maximum Gasteiger partial charge on any atom is 0.277 e. The van der Waals surface area contributed by atoms with E-state index < -0.39 is 0 Å². The number of unbranched alkanes of at least 4 members (excludes halogenated alkanes) is 2. The lowest BCUT2D eigenvalue weighted by atomic mass is 10.0. The Bertz CT molecular complexity index is 688. The maximum atomic E-state index is 13.1. The number of amides is 2. The lowest BCUT2D eigenvalue weighted by Gasteiger charge is -2.29. The topological polar surface area (TPSA) is 49.9 Å². The molecule has 140 valence electrons. The molecule has 0 saturated carbocycles. The largest absolute Gasteiger partial charge is 0.497 e. The summed E-state index contributed by atoms with van der Waals surface area (Å²) in [5.74, 6) is 0.459. The van der Waals surface area contributed by atoms with Crippen LogP contribution in [0.3, 0.4) is 0 Å². The van der Waals surface area contributed by atoms with E-state index in [4.69, 9.17) is 4.74 Å². The fourth-order valence-corrected chi connectivity index (χ4v) is 3.72. The number of methoxy groups -OCH3 is 1. The molecule has 0 bridgehead atoms. The van der Waals surface area contributed by atoms with E-state index in [0.717, 1.165) is 56.5 Å². The predicted octanol–water partition coefficient (Wildman–Crippen LogP) is 3.45. The van der Waals surface area contributed by atoms with Crippen LogP contribution in [0.15, 0.2) is 30.0 Å². The second-order valence-corrected chi connectivity index (χ2v) is 6.97. The smallest absolute Gasteiger partial charge is 0.277 e. The molecule has 1 fully saturated rings. The van der Waals surface area contributed by atoms with Gasteiger partial charge in [-0.1, -0.05) is 31.9 Å². The molecule has 0 atom stereocenters. The molecule has 3 rings (SSSR count). The summed E-state index contributed by atoms with van der Waals surface area (Å²) in [5, 5.41) is 0. The summed E-state index contributed by atoms with van der Waals surface area (Å²) >= 11 is 0. The van der Waals surface area contributed by atoms with E-state index in [2.05, 4.69) is 11.8 Å². The van der Waals surface area contributed by atoms with Crippen molar-refractivity contribution in [2.24, 2.45) is 0 Å². The van der Waals surface area contributed by atoms with Crippen LogP contribution in [-0.4, -0.2) is 48.4 Å². The van der Waals surface area contributed by atoms with Gasteiger partial charge >= 0.3 is 0 Å². The minimum atomic E-state index is -0.156. The van der Waals surface area contributed by atoms with Crippen molar-refractivity contribution in [3.8, 4) is 5.75 Å². The van der Waals surface area contributed by atoms with Gasteiger partial charge in [-0.25, -0.2) is 0 Å². The first kappa shape index (κ1) is 18.5. The van der Waals surface area contributed by atoms with E-state index in [1.165, 1.54) is 11.3 Å². The summed E-state index contributed by atoms with van der Waals surface area (Å²) in [7, 11) is 1.62. The molecule has 2 heterocycles. The van der Waals surface area contributed by atoms with Gasteiger partial charge < -0.3 is 9.64 Å². The molecule has 0 N–H and O–H groups in total. The van der Waals surface area contributed by atoms with Gasteiger partial charge in [-0.2, -0.15) is 0 Å². The summed E-state index contributed by atoms with van der Waals surface area (Å²) in [4.78, 5) is 29.8. The summed E-state index contributed by atoms with van der Waals surface area (Å²) < 4.78 is 5.22. The zero-order valence-corrected chi connectivity index (χ0v) is 15.8. The maximum absolute atomic E-state index is 13.1. The standard InChI is InChI=1S/C21H28N2O3/c1-3-4-6-15-23-20(24)18(16-9-11-17(26-2)12-10-16)19(21(23)25)22-13-7-5-8-14-22/h9-12H,3-8,13-15H2,1-2H3. The Labute approximate surface area is 155 Å². The van der Waals surface area contributed by atoms with Gasteiger partial charge in [0, 0.05) is 19.6 Å². The Morgan fingerprint density at radius 2 is 1.65 bits per heavy atom. The molecule has 0 aliphatic carbocycles. The normalized spacial score (nSPS) is 18.1. The minimum Gasteiger partial charge on any atom is -0.497 e. The first-order chi connectivity index (χ1) is 12.7.